The first-order chi connectivity index (χ1) is 8.31. The molecular formula is C10H5F5O3. The summed E-state index contributed by atoms with van der Waals surface area (Å²) in [6, 6.07) is 0.958. The van der Waals surface area contributed by atoms with Crippen LogP contribution in [0.5, 0.6) is 5.75 Å². The van der Waals surface area contributed by atoms with Crippen LogP contribution in [-0.4, -0.2) is 19.2 Å². The molecule has 18 heavy (non-hydrogen) atoms. The SMILES string of the molecule is O=Cc1c(OC(F)F)ccc(C(F)(F)F)c1C=O. The van der Waals surface area contributed by atoms with Crippen molar-refractivity contribution in [3.63, 3.8) is 0 Å². The van der Waals surface area contributed by atoms with Crippen LogP contribution in [0.1, 0.15) is 26.3 Å². The standard InChI is InChI=1S/C10H5F5O3/c11-9(12)18-8-2-1-7(10(13,14)15)5(3-16)6(8)4-17/h1-4,9H. The Labute approximate surface area is 97.2 Å². The average molecular weight is 268 g/mol. The highest BCUT2D eigenvalue weighted by Crippen LogP contribution is 2.35. The zero-order valence-electron chi connectivity index (χ0n) is 8.50. The number of rotatable bonds is 4. The summed E-state index contributed by atoms with van der Waals surface area (Å²) >= 11 is 0. The van der Waals surface area contributed by atoms with E-state index in [-0.39, 0.29) is 12.6 Å². The predicted molar refractivity (Wildman–Crippen MR) is 48.9 cm³/mol. The summed E-state index contributed by atoms with van der Waals surface area (Å²) in [5.74, 6) is -0.782. The lowest BCUT2D eigenvalue weighted by atomic mass is 10.0. The van der Waals surface area contributed by atoms with Gasteiger partial charge in [-0.1, -0.05) is 0 Å². The van der Waals surface area contributed by atoms with E-state index in [0.29, 0.717) is 12.1 Å². The van der Waals surface area contributed by atoms with Crippen molar-refractivity contribution in [1.82, 2.24) is 0 Å². The van der Waals surface area contributed by atoms with Crippen LogP contribution in [0.4, 0.5) is 22.0 Å². The molecule has 0 N–H and O–H groups in total. The van der Waals surface area contributed by atoms with Gasteiger partial charge in [0.1, 0.15) is 5.75 Å². The normalized spacial score (nSPS) is 11.4. The topological polar surface area (TPSA) is 43.4 Å². The minimum atomic E-state index is -4.88. The zero-order valence-corrected chi connectivity index (χ0v) is 8.50. The second kappa shape index (κ2) is 5.11. The molecule has 98 valence electrons. The van der Waals surface area contributed by atoms with Gasteiger partial charge in [0.25, 0.3) is 0 Å². The molecule has 0 bridgehead atoms. The Morgan fingerprint density at radius 2 is 1.61 bits per heavy atom. The van der Waals surface area contributed by atoms with Crippen molar-refractivity contribution in [2.45, 2.75) is 12.8 Å². The first-order valence-corrected chi connectivity index (χ1v) is 4.40. The van der Waals surface area contributed by atoms with Gasteiger partial charge >= 0.3 is 12.8 Å². The summed E-state index contributed by atoms with van der Waals surface area (Å²) in [5, 5.41) is 0. The summed E-state index contributed by atoms with van der Waals surface area (Å²) in [5.41, 5.74) is -3.28. The van der Waals surface area contributed by atoms with Crippen molar-refractivity contribution >= 4 is 12.6 Å². The third-order valence-electron chi connectivity index (χ3n) is 2.00. The summed E-state index contributed by atoms with van der Waals surface area (Å²) in [4.78, 5) is 21.2. The Morgan fingerprint density at radius 3 is 2.00 bits per heavy atom. The number of benzene rings is 1. The average Bonchev–Trinajstić information content (AvgIpc) is 2.25. The summed E-state index contributed by atoms with van der Waals surface area (Å²) in [6.45, 7) is -3.32. The van der Waals surface area contributed by atoms with Crippen LogP contribution in [0.15, 0.2) is 12.1 Å². The lowest BCUT2D eigenvalue weighted by molar-refractivity contribution is -0.137. The van der Waals surface area contributed by atoms with Gasteiger partial charge in [-0.05, 0) is 12.1 Å². The minimum Gasteiger partial charge on any atom is -0.434 e. The quantitative estimate of drug-likeness (QED) is 0.623. The van der Waals surface area contributed by atoms with Crippen molar-refractivity contribution < 1.29 is 36.3 Å². The Hall–Kier alpha value is -1.99. The number of carbonyl (C=O) groups is 2. The fraction of sp³-hybridized carbons (Fsp3) is 0.200. The van der Waals surface area contributed by atoms with Crippen LogP contribution in [0.25, 0.3) is 0 Å². The number of hydrogen-bond acceptors (Lipinski definition) is 3. The molecule has 1 aromatic carbocycles. The molecule has 0 aliphatic carbocycles. The second-order valence-corrected chi connectivity index (χ2v) is 3.05. The summed E-state index contributed by atoms with van der Waals surface area (Å²) in [7, 11) is 0. The molecule has 0 saturated heterocycles. The number of ether oxygens (including phenoxy) is 1. The molecule has 0 aliphatic heterocycles. The van der Waals surface area contributed by atoms with Gasteiger partial charge < -0.3 is 4.74 Å². The highest BCUT2D eigenvalue weighted by Gasteiger charge is 2.35. The maximum Gasteiger partial charge on any atom is 0.417 e. The largest absolute Gasteiger partial charge is 0.434 e. The van der Waals surface area contributed by atoms with E-state index in [4.69, 9.17) is 0 Å². The summed E-state index contributed by atoms with van der Waals surface area (Å²) in [6.07, 6.45) is -5.25. The molecule has 0 unspecified atom stereocenters. The van der Waals surface area contributed by atoms with Crippen LogP contribution >= 0.6 is 0 Å². The Bertz CT molecular complexity index is 467. The monoisotopic (exact) mass is 268 g/mol. The highest BCUT2D eigenvalue weighted by atomic mass is 19.4. The van der Waals surface area contributed by atoms with Gasteiger partial charge in [-0.15, -0.1) is 0 Å². The van der Waals surface area contributed by atoms with E-state index >= 15 is 0 Å². The van der Waals surface area contributed by atoms with E-state index in [1.807, 2.05) is 0 Å². The molecule has 0 saturated carbocycles. The van der Waals surface area contributed by atoms with Gasteiger partial charge in [0.15, 0.2) is 12.6 Å². The molecule has 0 amide bonds. The zero-order chi connectivity index (χ0) is 13.9. The van der Waals surface area contributed by atoms with Crippen LogP contribution in [0.3, 0.4) is 0 Å². The molecule has 1 aromatic rings. The molecule has 0 atom stereocenters. The van der Waals surface area contributed by atoms with Crippen LogP contribution < -0.4 is 4.74 Å². The van der Waals surface area contributed by atoms with E-state index in [1.54, 1.807) is 0 Å². The maximum atomic E-state index is 12.5. The fourth-order valence-corrected chi connectivity index (χ4v) is 1.31. The molecule has 0 aromatic heterocycles. The molecular weight excluding hydrogens is 263 g/mol. The van der Waals surface area contributed by atoms with Crippen molar-refractivity contribution in [3.8, 4) is 5.75 Å². The molecule has 8 heteroatoms. The Kier molecular flexibility index (Phi) is 4.00. The third kappa shape index (κ3) is 2.82. The van der Waals surface area contributed by atoms with E-state index in [1.165, 1.54) is 0 Å². The molecule has 0 spiro atoms. The van der Waals surface area contributed by atoms with E-state index in [9.17, 15) is 31.5 Å². The van der Waals surface area contributed by atoms with E-state index in [2.05, 4.69) is 4.74 Å². The number of alkyl halides is 5. The minimum absolute atomic E-state index is 0.142. The van der Waals surface area contributed by atoms with Crippen molar-refractivity contribution in [2.24, 2.45) is 0 Å². The van der Waals surface area contributed by atoms with Crippen LogP contribution in [0.2, 0.25) is 0 Å². The smallest absolute Gasteiger partial charge is 0.417 e. The molecule has 0 aliphatic rings. The van der Waals surface area contributed by atoms with Gasteiger partial charge in [0, 0.05) is 5.56 Å². The lowest BCUT2D eigenvalue weighted by Gasteiger charge is -2.14. The highest BCUT2D eigenvalue weighted by molar-refractivity contribution is 5.94. The van der Waals surface area contributed by atoms with Crippen molar-refractivity contribution in [2.75, 3.05) is 0 Å². The Balaban J connectivity index is 3.46. The summed E-state index contributed by atoms with van der Waals surface area (Å²) < 4.78 is 65.2. The fourth-order valence-electron chi connectivity index (χ4n) is 1.31. The first-order valence-electron chi connectivity index (χ1n) is 4.40. The second-order valence-electron chi connectivity index (χ2n) is 3.05. The molecule has 0 fully saturated rings. The predicted octanol–water partition coefficient (Wildman–Crippen LogP) is 2.93. The van der Waals surface area contributed by atoms with Gasteiger partial charge in [0.05, 0.1) is 11.1 Å². The van der Waals surface area contributed by atoms with Gasteiger partial charge in [-0.2, -0.15) is 22.0 Å². The van der Waals surface area contributed by atoms with Crippen molar-refractivity contribution in [3.05, 3.63) is 28.8 Å². The van der Waals surface area contributed by atoms with E-state index < -0.39 is 35.2 Å². The number of aldehydes is 2. The number of carbonyl (C=O) groups excluding carboxylic acids is 2. The van der Waals surface area contributed by atoms with Crippen LogP contribution in [-0.2, 0) is 6.18 Å². The molecule has 3 nitrogen and oxygen atoms in total. The lowest BCUT2D eigenvalue weighted by Crippen LogP contribution is -2.13. The van der Waals surface area contributed by atoms with Crippen molar-refractivity contribution in [1.29, 1.82) is 0 Å². The first kappa shape index (κ1) is 14.1. The maximum absolute atomic E-state index is 12.5. The number of hydrogen-bond donors (Lipinski definition) is 0. The third-order valence-corrected chi connectivity index (χ3v) is 2.00. The van der Waals surface area contributed by atoms with E-state index in [0.717, 1.165) is 0 Å². The van der Waals surface area contributed by atoms with Gasteiger partial charge in [-0.25, -0.2) is 0 Å². The Morgan fingerprint density at radius 1 is 1.06 bits per heavy atom. The van der Waals surface area contributed by atoms with Gasteiger partial charge in [0.2, 0.25) is 0 Å². The molecule has 0 heterocycles. The van der Waals surface area contributed by atoms with Crippen LogP contribution in [0, 0.1) is 0 Å². The molecule has 0 radical (unpaired) electrons. The van der Waals surface area contributed by atoms with Gasteiger partial charge in [-0.3, -0.25) is 9.59 Å². The number of halogens is 5. The molecule has 1 rings (SSSR count).